The second-order valence-corrected chi connectivity index (χ2v) is 8.46. The molecule has 4 heteroatoms. The van der Waals surface area contributed by atoms with Crippen molar-refractivity contribution in [3.8, 4) is 0 Å². The van der Waals surface area contributed by atoms with Gasteiger partial charge in [0, 0.05) is 20.5 Å². The SMILES string of the molecule is CCCC1C[N@@+](C)(CC)C2(N(C)CC(CCC)[N@@+]2(C)CC)N1C. The average Bonchev–Trinajstić information content (AvgIpc) is 2.89. The molecule has 0 aromatic carbocycles. The van der Waals surface area contributed by atoms with Crippen molar-refractivity contribution in [3.63, 3.8) is 0 Å². The van der Waals surface area contributed by atoms with Crippen molar-refractivity contribution in [3.05, 3.63) is 0 Å². The molecule has 136 valence electrons. The third kappa shape index (κ3) is 2.32. The van der Waals surface area contributed by atoms with E-state index in [2.05, 4.69) is 65.7 Å². The van der Waals surface area contributed by atoms with Crippen molar-refractivity contribution in [1.82, 2.24) is 9.80 Å². The molecule has 0 aromatic rings. The fraction of sp³-hybridized carbons (Fsp3) is 1.00. The normalized spacial score (nSPS) is 45.4. The Bertz CT molecular complexity index is 414. The van der Waals surface area contributed by atoms with Gasteiger partial charge in [0.2, 0.25) is 0 Å². The van der Waals surface area contributed by atoms with E-state index in [0.29, 0.717) is 6.04 Å². The number of nitrogens with zero attached hydrogens (tertiary/aromatic N) is 4. The second kappa shape index (κ2) is 6.62. The molecule has 0 N–H and O–H groups in total. The van der Waals surface area contributed by atoms with Crippen LogP contribution in [0.3, 0.4) is 0 Å². The van der Waals surface area contributed by atoms with Gasteiger partial charge in [-0.25, -0.2) is 8.97 Å². The van der Waals surface area contributed by atoms with Gasteiger partial charge in [0.25, 0.3) is 0 Å². The van der Waals surface area contributed by atoms with Crippen molar-refractivity contribution in [1.29, 1.82) is 0 Å². The van der Waals surface area contributed by atoms with Gasteiger partial charge < -0.3 is 0 Å². The lowest BCUT2D eigenvalue weighted by atomic mass is 10.1. The molecule has 5 atom stereocenters. The van der Waals surface area contributed by atoms with E-state index < -0.39 is 0 Å². The Labute approximate surface area is 145 Å². The number of likely N-dealkylation sites (N-methyl/N-ethyl adjacent to an activating group) is 4. The first kappa shape index (κ1) is 19.2. The Morgan fingerprint density at radius 3 is 2.04 bits per heavy atom. The van der Waals surface area contributed by atoms with Crippen molar-refractivity contribution in [2.24, 2.45) is 0 Å². The van der Waals surface area contributed by atoms with Crippen LogP contribution in [0.4, 0.5) is 0 Å². The molecule has 2 rings (SSSR count). The van der Waals surface area contributed by atoms with Crippen LogP contribution < -0.4 is 0 Å². The van der Waals surface area contributed by atoms with Crippen LogP contribution in [0.5, 0.6) is 0 Å². The minimum absolute atomic E-state index is 0.100. The molecule has 0 amide bonds. The molecular formula is C19H42N4+2. The van der Waals surface area contributed by atoms with Crippen LogP contribution in [0, 0.1) is 0 Å². The molecule has 2 saturated heterocycles. The van der Waals surface area contributed by atoms with Gasteiger partial charge in [-0.3, -0.25) is 0 Å². The monoisotopic (exact) mass is 326 g/mol. The largest absolute Gasteiger partial charge is 0.356 e. The standard InChI is InChI=1S/C19H42N4/c1-9-13-17-16-22(7,11-3)19(21(17)6)20(5)15-18(14-10-2)23(19,8)12-4/h17-18H,9-16H2,1-8H3/q+2/t17?,18?,19?,22-,23-/m1/s1. The predicted molar refractivity (Wildman–Crippen MR) is 98.8 cm³/mol. The molecule has 0 saturated carbocycles. The van der Waals surface area contributed by atoms with Gasteiger partial charge in [0.05, 0.1) is 39.8 Å². The first-order valence-corrected chi connectivity index (χ1v) is 9.93. The molecule has 0 bridgehead atoms. The fourth-order valence-electron chi connectivity index (χ4n) is 6.32. The van der Waals surface area contributed by atoms with Crippen LogP contribution in [0.15, 0.2) is 0 Å². The first-order chi connectivity index (χ1) is 10.8. The van der Waals surface area contributed by atoms with Gasteiger partial charge in [-0.1, -0.05) is 26.7 Å². The lowest BCUT2D eigenvalue weighted by molar-refractivity contribution is -1.17. The third-order valence-electron chi connectivity index (χ3n) is 7.45. The number of hydrogen-bond acceptors (Lipinski definition) is 2. The maximum Gasteiger partial charge on any atom is 0.356 e. The lowest BCUT2D eigenvalue weighted by Crippen LogP contribution is -2.81. The molecular weight excluding hydrogens is 284 g/mol. The number of rotatable bonds is 6. The zero-order chi connectivity index (χ0) is 17.5. The molecule has 23 heavy (non-hydrogen) atoms. The summed E-state index contributed by atoms with van der Waals surface area (Å²) in [6, 6.07) is 1.46. The Balaban J connectivity index is 2.57. The summed E-state index contributed by atoms with van der Waals surface area (Å²) < 4.78 is 2.34. The van der Waals surface area contributed by atoms with Gasteiger partial charge in [-0.05, 0) is 20.3 Å². The summed E-state index contributed by atoms with van der Waals surface area (Å²) in [5, 5.41) is 0. The van der Waals surface area contributed by atoms with Crippen LogP contribution in [0.2, 0.25) is 0 Å². The Morgan fingerprint density at radius 1 is 0.957 bits per heavy atom. The molecule has 2 aliphatic heterocycles. The summed E-state index contributed by atoms with van der Waals surface area (Å²) in [4.78, 5) is 5.50. The predicted octanol–water partition coefficient (Wildman–Crippen LogP) is 2.76. The molecule has 2 heterocycles. The minimum atomic E-state index is 0.100. The van der Waals surface area contributed by atoms with Crippen molar-refractivity contribution >= 4 is 0 Å². The summed E-state index contributed by atoms with van der Waals surface area (Å²) >= 11 is 0. The highest BCUT2D eigenvalue weighted by Crippen LogP contribution is 2.50. The van der Waals surface area contributed by atoms with Crippen molar-refractivity contribution < 1.29 is 8.97 Å². The highest BCUT2D eigenvalue weighted by Gasteiger charge is 2.76. The van der Waals surface area contributed by atoms with Crippen LogP contribution in [-0.2, 0) is 0 Å². The topological polar surface area (TPSA) is 6.48 Å². The number of hydrogen-bond donors (Lipinski definition) is 0. The zero-order valence-electron chi connectivity index (χ0n) is 17.1. The number of quaternary nitrogens is 2. The summed E-state index contributed by atoms with van der Waals surface area (Å²) in [6.45, 7) is 14.4. The summed E-state index contributed by atoms with van der Waals surface area (Å²) in [7, 11) is 9.86. The van der Waals surface area contributed by atoms with Gasteiger partial charge >= 0.3 is 5.91 Å². The van der Waals surface area contributed by atoms with Gasteiger partial charge in [-0.15, -0.1) is 0 Å². The van der Waals surface area contributed by atoms with Gasteiger partial charge in [0.15, 0.2) is 0 Å². The molecule has 2 fully saturated rings. The summed E-state index contributed by atoms with van der Waals surface area (Å²) in [5.41, 5.74) is 0. The van der Waals surface area contributed by atoms with E-state index in [9.17, 15) is 0 Å². The Kier molecular flexibility index (Phi) is 5.52. The van der Waals surface area contributed by atoms with E-state index in [4.69, 9.17) is 0 Å². The lowest BCUT2D eigenvalue weighted by Gasteiger charge is -2.55. The second-order valence-electron chi connectivity index (χ2n) is 8.46. The molecule has 1 spiro atoms. The molecule has 3 unspecified atom stereocenters. The Morgan fingerprint density at radius 2 is 1.57 bits per heavy atom. The van der Waals surface area contributed by atoms with E-state index in [1.54, 1.807) is 0 Å². The molecule has 0 radical (unpaired) electrons. The Hall–Kier alpha value is -0.160. The first-order valence-electron chi connectivity index (χ1n) is 9.93. The quantitative estimate of drug-likeness (QED) is 0.693. The molecule has 2 aliphatic rings. The van der Waals surface area contributed by atoms with Crippen LogP contribution in [-0.4, -0.2) is 91.1 Å². The van der Waals surface area contributed by atoms with E-state index in [0.717, 1.165) is 10.5 Å². The van der Waals surface area contributed by atoms with E-state index in [1.807, 2.05) is 0 Å². The molecule has 4 nitrogen and oxygen atoms in total. The smallest absolute Gasteiger partial charge is 0.244 e. The molecule has 0 aliphatic carbocycles. The van der Waals surface area contributed by atoms with Crippen LogP contribution in [0.25, 0.3) is 0 Å². The molecule has 0 aromatic heterocycles. The van der Waals surface area contributed by atoms with Crippen LogP contribution >= 0.6 is 0 Å². The minimum Gasteiger partial charge on any atom is -0.244 e. The third-order valence-corrected chi connectivity index (χ3v) is 7.45. The summed E-state index contributed by atoms with van der Waals surface area (Å²) in [6.07, 6.45) is 5.24. The van der Waals surface area contributed by atoms with E-state index in [-0.39, 0.29) is 5.91 Å². The fourth-order valence-corrected chi connectivity index (χ4v) is 6.32. The zero-order valence-corrected chi connectivity index (χ0v) is 17.1. The highest BCUT2D eigenvalue weighted by atomic mass is 15.8. The maximum absolute atomic E-state index is 2.78. The van der Waals surface area contributed by atoms with Crippen molar-refractivity contribution in [2.45, 2.75) is 71.4 Å². The van der Waals surface area contributed by atoms with Crippen molar-refractivity contribution in [2.75, 3.05) is 54.4 Å². The summed E-state index contributed by atoms with van der Waals surface area (Å²) in [5.74, 6) is 0.100. The van der Waals surface area contributed by atoms with E-state index in [1.165, 1.54) is 56.3 Å². The van der Waals surface area contributed by atoms with Gasteiger partial charge in [0.1, 0.15) is 12.6 Å². The average molecular weight is 327 g/mol. The van der Waals surface area contributed by atoms with Crippen LogP contribution in [0.1, 0.15) is 53.4 Å². The van der Waals surface area contributed by atoms with E-state index >= 15 is 0 Å². The van der Waals surface area contributed by atoms with Gasteiger partial charge in [-0.2, -0.15) is 9.80 Å². The maximum atomic E-state index is 2.78. The highest BCUT2D eigenvalue weighted by molar-refractivity contribution is 4.91.